The number of hydrogen-bond donors (Lipinski definition) is 1. The molecule has 1 rings (SSSR count). The summed E-state index contributed by atoms with van der Waals surface area (Å²) in [6.45, 7) is 3.87. The predicted octanol–water partition coefficient (Wildman–Crippen LogP) is 2.78. The van der Waals surface area contributed by atoms with Gasteiger partial charge in [0, 0.05) is 18.7 Å². The number of unbranched alkanes of at least 4 members (excludes halogenated alkanes) is 1. The summed E-state index contributed by atoms with van der Waals surface area (Å²) in [5.41, 5.74) is 0.0665. The van der Waals surface area contributed by atoms with Crippen molar-refractivity contribution in [2.24, 2.45) is 0 Å². The molecule has 0 aliphatic carbocycles. The molecule has 20 heavy (non-hydrogen) atoms. The molecule has 7 heteroatoms. The van der Waals surface area contributed by atoms with Gasteiger partial charge in [-0.3, -0.25) is 0 Å². The minimum absolute atomic E-state index is 0.0665. The summed E-state index contributed by atoms with van der Waals surface area (Å²) in [4.78, 5) is -0.179. The van der Waals surface area contributed by atoms with Crippen molar-refractivity contribution in [2.75, 3.05) is 13.1 Å². The van der Waals surface area contributed by atoms with E-state index in [0.717, 1.165) is 18.9 Å². The summed E-state index contributed by atoms with van der Waals surface area (Å²) in [5.74, 6) is -0.844. The molecule has 0 saturated heterocycles. The fourth-order valence-electron chi connectivity index (χ4n) is 1.81. The van der Waals surface area contributed by atoms with Crippen molar-refractivity contribution < 1.29 is 17.9 Å². The summed E-state index contributed by atoms with van der Waals surface area (Å²) in [5, 5.41) is 8.86. The third-order valence-electron chi connectivity index (χ3n) is 3.00. The van der Waals surface area contributed by atoms with Crippen LogP contribution >= 0.6 is 11.6 Å². The largest absolute Gasteiger partial charge is 0.392 e. The molecule has 0 atom stereocenters. The molecule has 0 amide bonds. The number of nitrogens with zero attached hydrogens (tertiary/aromatic N) is 1. The maximum atomic E-state index is 13.7. The molecular weight excluding hydrogens is 305 g/mol. The smallest absolute Gasteiger partial charge is 0.243 e. The number of halogens is 2. The second-order valence-corrected chi connectivity index (χ2v) is 6.70. The van der Waals surface area contributed by atoms with Gasteiger partial charge in [0.25, 0.3) is 0 Å². The summed E-state index contributed by atoms with van der Waals surface area (Å²) in [7, 11) is -3.77. The molecule has 0 unspecified atom stereocenters. The molecule has 4 nitrogen and oxygen atoms in total. The fourth-order valence-corrected chi connectivity index (χ4v) is 3.53. The Balaban J connectivity index is 3.23. The summed E-state index contributed by atoms with van der Waals surface area (Å²) < 4.78 is 39.8. The lowest BCUT2D eigenvalue weighted by Gasteiger charge is -2.20. The lowest BCUT2D eigenvalue weighted by molar-refractivity contribution is 0.281. The van der Waals surface area contributed by atoms with Crippen molar-refractivity contribution >= 4 is 21.6 Å². The average Bonchev–Trinajstić information content (AvgIpc) is 2.42. The monoisotopic (exact) mass is 323 g/mol. The first-order chi connectivity index (χ1) is 9.38. The third kappa shape index (κ3) is 3.69. The number of benzene rings is 1. The Hall–Kier alpha value is -0.690. The van der Waals surface area contributed by atoms with E-state index in [1.54, 1.807) is 6.92 Å². The molecule has 0 aromatic heterocycles. The van der Waals surface area contributed by atoms with Crippen molar-refractivity contribution in [3.8, 4) is 0 Å². The topological polar surface area (TPSA) is 57.6 Å². The summed E-state index contributed by atoms with van der Waals surface area (Å²) in [6.07, 6.45) is 1.60. The van der Waals surface area contributed by atoms with Crippen molar-refractivity contribution in [1.29, 1.82) is 0 Å². The van der Waals surface area contributed by atoms with E-state index in [-0.39, 0.29) is 15.5 Å². The van der Waals surface area contributed by atoms with Gasteiger partial charge in [0.1, 0.15) is 5.82 Å². The Labute approximate surface area is 124 Å². The Kier molecular flexibility index (Phi) is 6.39. The van der Waals surface area contributed by atoms with Gasteiger partial charge in [-0.2, -0.15) is 4.31 Å². The van der Waals surface area contributed by atoms with E-state index in [4.69, 9.17) is 16.7 Å². The number of aliphatic hydroxyl groups excluding tert-OH is 1. The molecule has 0 bridgehead atoms. The van der Waals surface area contributed by atoms with E-state index in [1.807, 2.05) is 6.92 Å². The summed E-state index contributed by atoms with van der Waals surface area (Å²) >= 11 is 5.67. The predicted molar refractivity (Wildman–Crippen MR) is 76.7 cm³/mol. The molecule has 0 aliphatic heterocycles. The van der Waals surface area contributed by atoms with E-state index in [2.05, 4.69) is 0 Å². The van der Waals surface area contributed by atoms with E-state index in [0.29, 0.717) is 13.1 Å². The highest BCUT2D eigenvalue weighted by molar-refractivity contribution is 7.89. The highest BCUT2D eigenvalue weighted by atomic mass is 35.5. The molecule has 0 saturated carbocycles. The van der Waals surface area contributed by atoms with E-state index < -0.39 is 22.4 Å². The first-order valence-electron chi connectivity index (χ1n) is 6.47. The first-order valence-corrected chi connectivity index (χ1v) is 8.29. The van der Waals surface area contributed by atoms with Crippen LogP contribution in [0.5, 0.6) is 0 Å². The maximum absolute atomic E-state index is 13.7. The number of rotatable bonds is 7. The third-order valence-corrected chi connectivity index (χ3v) is 5.37. The SMILES string of the molecule is CCCCN(CC)S(=O)(=O)c1cc(F)c(Cl)c(CO)c1. The van der Waals surface area contributed by atoms with Gasteiger partial charge in [-0.25, -0.2) is 12.8 Å². The zero-order valence-electron chi connectivity index (χ0n) is 11.6. The molecule has 0 aliphatic rings. The Morgan fingerprint density at radius 2 is 2.00 bits per heavy atom. The molecule has 1 aromatic carbocycles. The van der Waals surface area contributed by atoms with Gasteiger partial charge in [0.15, 0.2) is 0 Å². The minimum Gasteiger partial charge on any atom is -0.392 e. The average molecular weight is 324 g/mol. The highest BCUT2D eigenvalue weighted by Gasteiger charge is 2.24. The van der Waals surface area contributed by atoms with Crippen molar-refractivity contribution in [1.82, 2.24) is 4.31 Å². The fraction of sp³-hybridized carbons (Fsp3) is 0.538. The summed E-state index contributed by atoms with van der Waals surface area (Å²) in [6, 6.07) is 2.11. The van der Waals surface area contributed by atoms with Crippen LogP contribution in [0.3, 0.4) is 0 Å². The zero-order chi connectivity index (χ0) is 15.3. The van der Waals surface area contributed by atoms with Crippen LogP contribution in [0.1, 0.15) is 32.3 Å². The van der Waals surface area contributed by atoms with Crippen LogP contribution in [-0.2, 0) is 16.6 Å². The van der Waals surface area contributed by atoms with Gasteiger partial charge in [0.2, 0.25) is 10.0 Å². The molecule has 1 aromatic rings. The Morgan fingerprint density at radius 3 is 2.50 bits per heavy atom. The molecule has 0 spiro atoms. The van der Waals surface area contributed by atoms with Crippen LogP contribution in [-0.4, -0.2) is 30.9 Å². The van der Waals surface area contributed by atoms with Crippen LogP contribution in [0.25, 0.3) is 0 Å². The molecule has 0 radical (unpaired) electrons. The van der Waals surface area contributed by atoms with Crippen LogP contribution in [0.2, 0.25) is 5.02 Å². The van der Waals surface area contributed by atoms with Crippen molar-refractivity contribution in [3.63, 3.8) is 0 Å². The standard InChI is InChI=1S/C13H19ClFNO3S/c1-3-5-6-16(4-2)20(18,19)11-7-10(9-17)13(14)12(15)8-11/h7-8,17H,3-6,9H2,1-2H3. The van der Waals surface area contributed by atoms with Gasteiger partial charge in [0.05, 0.1) is 16.5 Å². The van der Waals surface area contributed by atoms with E-state index in [1.165, 1.54) is 10.4 Å². The van der Waals surface area contributed by atoms with Gasteiger partial charge in [-0.15, -0.1) is 0 Å². The van der Waals surface area contributed by atoms with Crippen LogP contribution in [0.4, 0.5) is 4.39 Å². The van der Waals surface area contributed by atoms with Crippen LogP contribution < -0.4 is 0 Å². The van der Waals surface area contributed by atoms with E-state index >= 15 is 0 Å². The van der Waals surface area contributed by atoms with Crippen LogP contribution in [0, 0.1) is 5.82 Å². The molecule has 114 valence electrons. The van der Waals surface area contributed by atoms with Gasteiger partial charge >= 0.3 is 0 Å². The quantitative estimate of drug-likeness (QED) is 0.839. The lowest BCUT2D eigenvalue weighted by atomic mass is 10.2. The maximum Gasteiger partial charge on any atom is 0.243 e. The van der Waals surface area contributed by atoms with Gasteiger partial charge in [-0.1, -0.05) is 31.9 Å². The minimum atomic E-state index is -3.77. The van der Waals surface area contributed by atoms with Gasteiger partial charge in [-0.05, 0) is 18.6 Å². The Bertz CT molecular complexity index is 563. The second kappa shape index (κ2) is 7.36. The zero-order valence-corrected chi connectivity index (χ0v) is 13.1. The molecule has 1 N–H and O–H groups in total. The number of hydrogen-bond acceptors (Lipinski definition) is 3. The van der Waals surface area contributed by atoms with Crippen LogP contribution in [0.15, 0.2) is 17.0 Å². The number of aliphatic hydroxyl groups is 1. The van der Waals surface area contributed by atoms with Gasteiger partial charge < -0.3 is 5.11 Å². The molecule has 0 fully saturated rings. The molecule has 0 heterocycles. The normalized spacial score (nSPS) is 12.1. The highest BCUT2D eigenvalue weighted by Crippen LogP contribution is 2.26. The van der Waals surface area contributed by atoms with Crippen molar-refractivity contribution in [3.05, 3.63) is 28.5 Å². The Morgan fingerprint density at radius 1 is 1.35 bits per heavy atom. The van der Waals surface area contributed by atoms with E-state index in [9.17, 15) is 12.8 Å². The lowest BCUT2D eigenvalue weighted by Crippen LogP contribution is -2.32. The van der Waals surface area contributed by atoms with Crippen molar-refractivity contribution in [2.45, 2.75) is 38.2 Å². The second-order valence-electron chi connectivity index (χ2n) is 4.39. The number of sulfonamides is 1. The molecular formula is C13H19ClFNO3S. The first kappa shape index (κ1) is 17.4.